The molecule has 2 atom stereocenters. The number of nitrogens with one attached hydrogen (secondary N) is 1. The summed E-state index contributed by atoms with van der Waals surface area (Å²) in [7, 11) is 0. The van der Waals surface area contributed by atoms with E-state index in [-0.39, 0.29) is 11.6 Å². The quantitative estimate of drug-likeness (QED) is 0.539. The van der Waals surface area contributed by atoms with Gasteiger partial charge in [-0.3, -0.25) is 14.8 Å². The van der Waals surface area contributed by atoms with Crippen molar-refractivity contribution >= 4 is 17.3 Å². The van der Waals surface area contributed by atoms with Crippen molar-refractivity contribution in [3.63, 3.8) is 0 Å². The molecule has 2 aliphatic heterocycles. The van der Waals surface area contributed by atoms with Gasteiger partial charge in [0.1, 0.15) is 5.69 Å². The molecular weight excluding hydrogens is 466 g/mol. The minimum absolute atomic E-state index is 0.0841. The van der Waals surface area contributed by atoms with Gasteiger partial charge >= 0.3 is 0 Å². The first-order chi connectivity index (χ1) is 17.2. The SMILES string of the molecule is Cc1ncc(NC(=O)c2ccnc(C(C)(F)F)c2)cc1-c1ccc2c(c1)N1CCOCC[C@@H]1C[C@@H]2O. The van der Waals surface area contributed by atoms with Crippen LogP contribution in [0.25, 0.3) is 11.1 Å². The highest BCUT2D eigenvalue weighted by Crippen LogP contribution is 2.41. The Bertz CT molecular complexity index is 1290. The molecular formula is C27H28F2N4O3. The highest BCUT2D eigenvalue weighted by Gasteiger charge is 2.33. The van der Waals surface area contributed by atoms with Gasteiger partial charge in [-0.2, -0.15) is 8.78 Å². The summed E-state index contributed by atoms with van der Waals surface area (Å²) in [6.07, 6.45) is 3.75. The minimum atomic E-state index is -3.15. The number of ether oxygens (including phenoxy) is 1. The number of carbonyl (C=O) groups is 1. The number of anilines is 2. The molecule has 0 bridgehead atoms. The molecule has 7 nitrogen and oxygen atoms in total. The number of rotatable bonds is 4. The lowest BCUT2D eigenvalue weighted by Crippen LogP contribution is -2.41. The van der Waals surface area contributed by atoms with Crippen LogP contribution < -0.4 is 10.2 Å². The van der Waals surface area contributed by atoms with E-state index in [9.17, 15) is 18.7 Å². The number of pyridine rings is 2. The van der Waals surface area contributed by atoms with Crippen LogP contribution >= 0.6 is 0 Å². The van der Waals surface area contributed by atoms with Gasteiger partial charge in [-0.15, -0.1) is 0 Å². The zero-order valence-corrected chi connectivity index (χ0v) is 20.2. The smallest absolute Gasteiger partial charge is 0.286 e. The van der Waals surface area contributed by atoms with Crippen molar-refractivity contribution in [1.82, 2.24) is 9.97 Å². The normalized spacial score (nSPS) is 19.8. The number of hydrogen-bond donors (Lipinski definition) is 2. The summed E-state index contributed by atoms with van der Waals surface area (Å²) < 4.78 is 33.0. The number of halogens is 2. The Kier molecular flexibility index (Phi) is 6.44. The van der Waals surface area contributed by atoms with E-state index >= 15 is 0 Å². The van der Waals surface area contributed by atoms with E-state index in [1.54, 1.807) is 0 Å². The molecule has 4 heterocycles. The number of aliphatic hydroxyl groups excluding tert-OH is 1. The van der Waals surface area contributed by atoms with Crippen LogP contribution in [0.15, 0.2) is 48.8 Å². The standard InChI is InChI=1S/C27H28F2N4O3/c1-16-22(13-19(15-31-16)32-26(35)18-5-7-30-25(12-18)27(2,28)29)17-3-4-21-23(11-17)33-8-10-36-9-6-20(33)14-24(21)34/h3-5,7,11-13,15,20,24,34H,6,8-10,14H2,1-2H3,(H,32,35)/t20-,24+/m1/s1. The Morgan fingerprint density at radius 3 is 2.83 bits per heavy atom. The maximum absolute atomic E-state index is 13.7. The van der Waals surface area contributed by atoms with E-state index in [0.717, 1.165) is 54.0 Å². The van der Waals surface area contributed by atoms with Crippen molar-refractivity contribution in [3.8, 4) is 11.1 Å². The Morgan fingerprint density at radius 1 is 1.19 bits per heavy atom. The van der Waals surface area contributed by atoms with Crippen molar-refractivity contribution in [2.45, 2.75) is 44.8 Å². The topological polar surface area (TPSA) is 87.6 Å². The van der Waals surface area contributed by atoms with E-state index in [4.69, 9.17) is 4.74 Å². The Morgan fingerprint density at radius 2 is 2.03 bits per heavy atom. The molecule has 0 spiro atoms. The molecule has 9 heteroatoms. The third kappa shape index (κ3) is 4.81. The van der Waals surface area contributed by atoms with Gasteiger partial charge in [-0.1, -0.05) is 12.1 Å². The van der Waals surface area contributed by atoms with Crippen LogP contribution in [0, 0.1) is 6.92 Å². The van der Waals surface area contributed by atoms with Gasteiger partial charge in [-0.05, 0) is 49.6 Å². The summed E-state index contributed by atoms with van der Waals surface area (Å²) in [6.45, 7) is 4.70. The highest BCUT2D eigenvalue weighted by atomic mass is 19.3. The molecule has 1 aromatic carbocycles. The van der Waals surface area contributed by atoms with Gasteiger partial charge in [0.2, 0.25) is 0 Å². The molecule has 0 radical (unpaired) electrons. The second-order valence-corrected chi connectivity index (χ2v) is 9.40. The van der Waals surface area contributed by atoms with Crippen molar-refractivity contribution in [2.24, 2.45) is 0 Å². The van der Waals surface area contributed by atoms with Gasteiger partial charge in [-0.25, -0.2) is 0 Å². The lowest BCUT2D eigenvalue weighted by atomic mass is 9.89. The zero-order valence-electron chi connectivity index (χ0n) is 20.2. The first-order valence-corrected chi connectivity index (χ1v) is 12.0. The molecule has 2 N–H and O–H groups in total. The van der Waals surface area contributed by atoms with Crippen molar-refractivity contribution in [3.05, 3.63) is 71.3 Å². The maximum atomic E-state index is 13.7. The number of fused-ring (bicyclic) bond motifs is 3. The molecule has 0 aliphatic carbocycles. The predicted molar refractivity (Wildman–Crippen MR) is 132 cm³/mol. The third-order valence-corrected chi connectivity index (χ3v) is 6.83. The van der Waals surface area contributed by atoms with E-state index < -0.39 is 23.6 Å². The van der Waals surface area contributed by atoms with Crippen LogP contribution in [0.2, 0.25) is 0 Å². The molecule has 2 aromatic heterocycles. The van der Waals surface area contributed by atoms with Crippen LogP contribution in [0.1, 0.15) is 53.2 Å². The summed E-state index contributed by atoms with van der Waals surface area (Å²) in [4.78, 5) is 23.2. The molecule has 0 unspecified atom stereocenters. The average Bonchev–Trinajstić information content (AvgIpc) is 3.10. The van der Waals surface area contributed by atoms with E-state index in [2.05, 4.69) is 26.3 Å². The van der Waals surface area contributed by atoms with Gasteiger partial charge in [0.25, 0.3) is 11.8 Å². The van der Waals surface area contributed by atoms with E-state index in [1.807, 2.05) is 25.1 Å². The fourth-order valence-electron chi connectivity index (χ4n) is 4.92. The average molecular weight is 495 g/mol. The van der Waals surface area contributed by atoms with Crippen LogP contribution in [0.3, 0.4) is 0 Å². The molecule has 1 fully saturated rings. The van der Waals surface area contributed by atoms with E-state index in [0.29, 0.717) is 25.3 Å². The molecule has 5 rings (SSSR count). The molecule has 2 aliphatic rings. The number of amides is 1. The summed E-state index contributed by atoms with van der Waals surface area (Å²) in [5.74, 6) is -3.67. The summed E-state index contributed by atoms with van der Waals surface area (Å²) in [5.41, 5.74) is 4.46. The van der Waals surface area contributed by atoms with Gasteiger partial charge in [0.05, 0.1) is 24.6 Å². The van der Waals surface area contributed by atoms with Gasteiger partial charge in [0.15, 0.2) is 0 Å². The van der Waals surface area contributed by atoms with Gasteiger partial charge in [0, 0.05) is 60.4 Å². The number of alkyl halides is 2. The number of carbonyl (C=O) groups excluding carboxylic acids is 1. The second-order valence-electron chi connectivity index (χ2n) is 9.40. The van der Waals surface area contributed by atoms with Crippen LogP contribution in [0.4, 0.5) is 20.2 Å². The second kappa shape index (κ2) is 9.55. The van der Waals surface area contributed by atoms with Gasteiger partial charge < -0.3 is 20.1 Å². The number of nitrogens with zero attached hydrogens (tertiary/aromatic N) is 3. The summed E-state index contributed by atoms with van der Waals surface area (Å²) in [6, 6.07) is 10.5. The fraction of sp³-hybridized carbons (Fsp3) is 0.370. The molecule has 188 valence electrons. The summed E-state index contributed by atoms with van der Waals surface area (Å²) >= 11 is 0. The number of benzene rings is 1. The zero-order chi connectivity index (χ0) is 25.4. The number of aryl methyl sites for hydroxylation is 1. The van der Waals surface area contributed by atoms with Crippen LogP contribution in [-0.2, 0) is 10.7 Å². The predicted octanol–water partition coefficient (Wildman–Crippen LogP) is 4.85. The van der Waals surface area contributed by atoms with Crippen molar-refractivity contribution in [2.75, 3.05) is 30.0 Å². The maximum Gasteiger partial charge on any atom is 0.286 e. The largest absolute Gasteiger partial charge is 0.388 e. The molecule has 1 saturated heterocycles. The first-order valence-electron chi connectivity index (χ1n) is 12.0. The number of aliphatic hydroxyl groups is 1. The van der Waals surface area contributed by atoms with E-state index in [1.165, 1.54) is 18.5 Å². The molecule has 3 aromatic rings. The Labute approximate surface area is 208 Å². The lowest BCUT2D eigenvalue weighted by Gasteiger charge is -2.39. The monoisotopic (exact) mass is 494 g/mol. The van der Waals surface area contributed by atoms with Crippen molar-refractivity contribution < 1.29 is 23.4 Å². The lowest BCUT2D eigenvalue weighted by molar-refractivity contribution is 0.0127. The molecule has 1 amide bonds. The Balaban J connectivity index is 1.44. The minimum Gasteiger partial charge on any atom is -0.388 e. The third-order valence-electron chi connectivity index (χ3n) is 6.83. The first kappa shape index (κ1) is 24.3. The van der Waals surface area contributed by atoms with Crippen LogP contribution in [0.5, 0.6) is 0 Å². The van der Waals surface area contributed by atoms with Crippen LogP contribution in [-0.4, -0.2) is 46.8 Å². The fourth-order valence-corrected chi connectivity index (χ4v) is 4.92. The molecule has 0 saturated carbocycles. The van der Waals surface area contributed by atoms with Crippen molar-refractivity contribution in [1.29, 1.82) is 0 Å². The number of aromatic nitrogens is 2. The Hall–Kier alpha value is -3.43. The number of hydrogen-bond acceptors (Lipinski definition) is 6. The molecule has 36 heavy (non-hydrogen) atoms. The highest BCUT2D eigenvalue weighted by molar-refractivity contribution is 6.04. The summed E-state index contributed by atoms with van der Waals surface area (Å²) in [5, 5.41) is 13.5.